The van der Waals surface area contributed by atoms with Crippen molar-refractivity contribution >= 4 is 58.8 Å². The first-order valence-corrected chi connectivity index (χ1v) is 12.2. The van der Waals surface area contributed by atoms with Gasteiger partial charge in [-0.25, -0.2) is 4.79 Å². The van der Waals surface area contributed by atoms with Gasteiger partial charge in [-0.2, -0.15) is 0 Å². The van der Waals surface area contributed by atoms with Gasteiger partial charge in [0, 0.05) is 24.2 Å². The molecule has 0 saturated heterocycles. The number of aromatic nitrogens is 1. The third kappa shape index (κ3) is 7.84. The summed E-state index contributed by atoms with van der Waals surface area (Å²) in [5.41, 5.74) is 18.4. The zero-order valence-corrected chi connectivity index (χ0v) is 22.2. The molecule has 0 radical (unpaired) electrons. The lowest BCUT2D eigenvalue weighted by molar-refractivity contribution is -0.387. The van der Waals surface area contributed by atoms with Crippen LogP contribution in [0.1, 0.15) is 18.4 Å². The molecule has 0 fully saturated rings. The Bertz CT molecular complexity index is 1310. The van der Waals surface area contributed by atoms with Crippen LogP contribution in [-0.2, 0) is 20.7 Å². The maximum Gasteiger partial charge on any atom is 0.328 e. The van der Waals surface area contributed by atoms with Gasteiger partial charge in [-0.15, -0.1) is 12.4 Å². The van der Waals surface area contributed by atoms with Crippen molar-refractivity contribution in [3.05, 3.63) is 70.4 Å². The minimum atomic E-state index is -0.958. The Kier molecular flexibility index (Phi) is 11.4. The van der Waals surface area contributed by atoms with Crippen LogP contribution in [0.3, 0.4) is 0 Å². The summed E-state index contributed by atoms with van der Waals surface area (Å²) in [4.78, 5) is 40.4. The van der Waals surface area contributed by atoms with Gasteiger partial charge in [0.05, 0.1) is 23.6 Å². The fourth-order valence-corrected chi connectivity index (χ4v) is 4.78. The second-order valence-corrected chi connectivity index (χ2v) is 9.17. The highest BCUT2D eigenvalue weighted by Crippen LogP contribution is 2.34. The highest BCUT2D eigenvalue weighted by Gasteiger charge is 2.25. The van der Waals surface area contributed by atoms with Gasteiger partial charge in [0.2, 0.25) is 5.91 Å². The minimum absolute atomic E-state index is 0. The molecule has 2 aromatic carbocycles. The Morgan fingerprint density at radius 2 is 1.87 bits per heavy atom. The van der Waals surface area contributed by atoms with E-state index in [9.17, 15) is 19.7 Å². The number of ether oxygens (including phenoxy) is 1. The molecule has 1 amide bonds. The van der Waals surface area contributed by atoms with Gasteiger partial charge in [-0.3, -0.25) is 23.9 Å². The number of rotatable bonds is 12. The smallest absolute Gasteiger partial charge is 0.328 e. The van der Waals surface area contributed by atoms with Crippen molar-refractivity contribution in [3.8, 4) is 0 Å². The molecule has 3 rings (SSSR count). The van der Waals surface area contributed by atoms with E-state index in [0.29, 0.717) is 17.9 Å². The van der Waals surface area contributed by atoms with E-state index in [0.717, 1.165) is 16.5 Å². The number of benzene rings is 2. The van der Waals surface area contributed by atoms with Crippen LogP contribution in [-0.4, -0.2) is 52.5 Å². The number of carbonyl (C=O) groups is 2. The van der Waals surface area contributed by atoms with Crippen molar-refractivity contribution in [2.75, 3.05) is 13.7 Å². The lowest BCUT2D eigenvalue weighted by Crippen LogP contribution is -2.49. The van der Waals surface area contributed by atoms with Gasteiger partial charge in [-0.1, -0.05) is 30.3 Å². The maximum absolute atomic E-state index is 12.9. The van der Waals surface area contributed by atoms with E-state index >= 15 is 0 Å². The molecule has 0 saturated carbocycles. The highest BCUT2D eigenvalue weighted by molar-refractivity contribution is 7.98. The minimum Gasteiger partial charge on any atom is -0.467 e. The van der Waals surface area contributed by atoms with Crippen molar-refractivity contribution in [2.45, 2.75) is 36.2 Å². The molecule has 0 aliphatic heterocycles. The van der Waals surface area contributed by atoms with Crippen LogP contribution in [0.5, 0.6) is 0 Å². The topological polar surface area (TPSA) is 194 Å². The van der Waals surface area contributed by atoms with E-state index < -0.39 is 28.9 Å². The number of carbonyl (C=O) groups excluding carboxylic acids is 2. The van der Waals surface area contributed by atoms with E-state index in [-0.39, 0.29) is 36.9 Å². The summed E-state index contributed by atoms with van der Waals surface area (Å²) in [5.74, 6) is -1.16. The largest absolute Gasteiger partial charge is 0.467 e. The molecular formula is C24H30ClN7O5S. The zero-order valence-electron chi connectivity index (χ0n) is 20.6. The van der Waals surface area contributed by atoms with Gasteiger partial charge in [0.25, 0.3) is 5.69 Å². The SMILES string of the molecule is COC(=O)[C@H](CCCN=C(N)N)NC(=O)[C@H](N)Cc1cn(Sc2ccccc2[N+](=O)[O-])c2ccccc12.Cl. The number of hydrogen-bond acceptors (Lipinski definition) is 8. The van der Waals surface area contributed by atoms with Gasteiger partial charge in [0.1, 0.15) is 10.9 Å². The molecule has 1 aromatic heterocycles. The summed E-state index contributed by atoms with van der Waals surface area (Å²) in [7, 11) is 1.24. The Balaban J connectivity index is 0.00000507. The summed E-state index contributed by atoms with van der Waals surface area (Å²) >= 11 is 1.20. The number of nitro groups is 1. The van der Waals surface area contributed by atoms with Crippen LogP contribution in [0, 0.1) is 10.1 Å². The van der Waals surface area contributed by atoms with Crippen LogP contribution in [0.25, 0.3) is 10.9 Å². The molecule has 7 N–H and O–H groups in total. The molecule has 12 nitrogen and oxygen atoms in total. The van der Waals surface area contributed by atoms with Crippen molar-refractivity contribution in [1.82, 2.24) is 9.29 Å². The third-order valence-corrected chi connectivity index (χ3v) is 6.58. The summed E-state index contributed by atoms with van der Waals surface area (Å²) < 4.78 is 6.62. The lowest BCUT2D eigenvalue weighted by atomic mass is 10.0. The maximum atomic E-state index is 12.9. The van der Waals surface area contributed by atoms with E-state index in [1.54, 1.807) is 18.2 Å². The second-order valence-electron chi connectivity index (χ2n) is 8.16. The van der Waals surface area contributed by atoms with Gasteiger partial charge in [0.15, 0.2) is 5.96 Å². The number of nitro benzene ring substituents is 1. The van der Waals surface area contributed by atoms with Crippen LogP contribution in [0.4, 0.5) is 5.69 Å². The molecule has 1 heterocycles. The fraction of sp³-hybridized carbons (Fsp3) is 0.292. The Morgan fingerprint density at radius 1 is 1.18 bits per heavy atom. The molecule has 2 atom stereocenters. The summed E-state index contributed by atoms with van der Waals surface area (Å²) in [6, 6.07) is 12.1. The van der Waals surface area contributed by atoms with Crippen LogP contribution in [0.15, 0.2) is 64.6 Å². The molecule has 0 aliphatic carbocycles. The monoisotopic (exact) mass is 563 g/mol. The van der Waals surface area contributed by atoms with E-state index in [1.807, 2.05) is 34.4 Å². The van der Waals surface area contributed by atoms with E-state index in [1.165, 1.54) is 25.1 Å². The average molecular weight is 564 g/mol. The number of halogens is 1. The predicted octanol–water partition coefficient (Wildman–Crippen LogP) is 2.11. The molecule has 3 aromatic rings. The van der Waals surface area contributed by atoms with Crippen LogP contribution in [0.2, 0.25) is 0 Å². The number of guanidine groups is 1. The number of fused-ring (bicyclic) bond motifs is 1. The first-order valence-electron chi connectivity index (χ1n) is 11.4. The second kappa shape index (κ2) is 14.2. The van der Waals surface area contributed by atoms with Crippen LogP contribution < -0.4 is 22.5 Å². The highest BCUT2D eigenvalue weighted by atomic mass is 35.5. The number of nitrogens with zero attached hydrogens (tertiary/aromatic N) is 3. The van der Waals surface area contributed by atoms with Crippen molar-refractivity contribution in [2.24, 2.45) is 22.2 Å². The third-order valence-electron chi connectivity index (χ3n) is 5.54. The predicted molar refractivity (Wildman–Crippen MR) is 149 cm³/mol. The number of para-hydroxylation sites is 2. The quantitative estimate of drug-likeness (QED) is 0.0637. The number of hydrogen-bond donors (Lipinski definition) is 4. The van der Waals surface area contributed by atoms with Crippen LogP contribution >= 0.6 is 24.4 Å². The zero-order chi connectivity index (χ0) is 26.9. The summed E-state index contributed by atoms with van der Waals surface area (Å²) in [6.07, 6.45) is 2.71. The van der Waals surface area contributed by atoms with Crippen molar-refractivity contribution in [3.63, 3.8) is 0 Å². The number of esters is 1. The molecule has 0 unspecified atom stereocenters. The van der Waals surface area contributed by atoms with Gasteiger partial charge in [-0.05, 0) is 48.9 Å². The molecule has 0 aliphatic rings. The fourth-order valence-electron chi connectivity index (χ4n) is 3.75. The number of methoxy groups -OCH3 is 1. The van der Waals surface area contributed by atoms with E-state index in [4.69, 9.17) is 21.9 Å². The van der Waals surface area contributed by atoms with Crippen molar-refractivity contribution < 1.29 is 19.2 Å². The Labute approximate surface area is 229 Å². The number of nitrogens with two attached hydrogens (primary N) is 3. The average Bonchev–Trinajstić information content (AvgIpc) is 3.22. The van der Waals surface area contributed by atoms with Crippen molar-refractivity contribution in [1.29, 1.82) is 0 Å². The Hall–Kier alpha value is -3.81. The summed E-state index contributed by atoms with van der Waals surface area (Å²) in [6.45, 7) is 0.300. The lowest BCUT2D eigenvalue weighted by Gasteiger charge is -2.19. The molecule has 14 heteroatoms. The molecule has 0 spiro atoms. The normalized spacial score (nSPS) is 12.2. The number of aliphatic imine (C=N–C) groups is 1. The van der Waals surface area contributed by atoms with E-state index in [2.05, 4.69) is 10.3 Å². The molecule has 38 heavy (non-hydrogen) atoms. The summed E-state index contributed by atoms with van der Waals surface area (Å²) in [5, 5.41) is 15.0. The first-order chi connectivity index (χ1) is 17.7. The molecule has 204 valence electrons. The van der Waals surface area contributed by atoms with Gasteiger partial charge < -0.3 is 27.3 Å². The number of nitrogens with one attached hydrogen (secondary N) is 1. The Morgan fingerprint density at radius 3 is 2.55 bits per heavy atom. The standard InChI is InChI=1S/C24H29N7O5S.ClH/c1-36-23(33)18(8-6-12-28-24(26)27)29-22(32)17(25)13-15-14-30(19-9-3-2-7-16(15)19)37-21-11-5-4-10-20(21)31(34)35;/h2-5,7,9-11,14,17-18H,6,8,12-13,25H2,1H3,(H,29,32)(H4,26,27,28);1H/t17-,18+;/m1./s1. The first kappa shape index (κ1) is 30.4. The number of amides is 1. The molecule has 0 bridgehead atoms. The van der Waals surface area contributed by atoms with Gasteiger partial charge >= 0.3 is 5.97 Å². The molecular weight excluding hydrogens is 534 g/mol.